The van der Waals surface area contributed by atoms with E-state index in [1.165, 1.54) is 0 Å². The third-order valence-corrected chi connectivity index (χ3v) is 4.37. The molecule has 0 spiro atoms. The van der Waals surface area contributed by atoms with Crippen LogP contribution in [-0.2, 0) is 4.79 Å². The third-order valence-electron chi connectivity index (χ3n) is 4.37. The summed E-state index contributed by atoms with van der Waals surface area (Å²) < 4.78 is 0. The van der Waals surface area contributed by atoms with Gasteiger partial charge in [-0.05, 0) is 12.8 Å². The predicted molar refractivity (Wildman–Crippen MR) is 53.8 cm³/mol. The van der Waals surface area contributed by atoms with Gasteiger partial charge in [0.25, 0.3) is 5.91 Å². The number of carbonyl (C=O) groups excluding carboxylic acids is 1. The first-order valence-electron chi connectivity index (χ1n) is 5.89. The Morgan fingerprint density at radius 3 is 2.93 bits per heavy atom. The van der Waals surface area contributed by atoms with Gasteiger partial charge < -0.3 is 19.8 Å². The molecule has 0 saturated carbocycles. The first-order valence-corrected chi connectivity index (χ1v) is 5.89. The Morgan fingerprint density at radius 1 is 1.33 bits per heavy atom. The molecule has 3 N–H and O–H groups in total. The van der Waals surface area contributed by atoms with Crippen molar-refractivity contribution in [2.75, 3.05) is 13.1 Å². The van der Waals surface area contributed by atoms with Crippen molar-refractivity contribution in [2.24, 2.45) is 0 Å². The van der Waals surface area contributed by atoms with E-state index in [0.717, 1.165) is 37.0 Å². The average Bonchev–Trinajstić information content (AvgIpc) is 2.84. The molecular weight excluding hydrogens is 195 g/mol. The van der Waals surface area contributed by atoms with Crippen LogP contribution in [0.5, 0.6) is 0 Å². The van der Waals surface area contributed by atoms with E-state index >= 15 is 0 Å². The van der Waals surface area contributed by atoms with Crippen molar-refractivity contribution in [3.63, 3.8) is 0 Å². The Balaban J connectivity index is 1.99. The maximum atomic E-state index is 12.1. The van der Waals surface area contributed by atoms with Gasteiger partial charge in [0.1, 0.15) is 6.04 Å². The molecule has 3 aliphatic heterocycles. The fourth-order valence-corrected chi connectivity index (χ4v) is 3.66. The van der Waals surface area contributed by atoms with Crippen LogP contribution >= 0.6 is 0 Å². The molecular formula is C9H17BN2O3. The number of fused-ring (bicyclic) bond motifs is 2. The van der Waals surface area contributed by atoms with Gasteiger partial charge >= 0.3 is 6.69 Å². The zero-order valence-corrected chi connectivity index (χ0v) is 8.72. The maximum Gasteiger partial charge on any atom is 0.488 e. The molecule has 3 atom stereocenters. The zero-order chi connectivity index (χ0) is 10.6. The van der Waals surface area contributed by atoms with E-state index in [1.807, 2.05) is 0 Å². The molecule has 0 bridgehead atoms. The van der Waals surface area contributed by atoms with Gasteiger partial charge in [-0.1, -0.05) is 6.42 Å². The lowest BCUT2D eigenvalue weighted by molar-refractivity contribution is -0.823. The summed E-state index contributed by atoms with van der Waals surface area (Å²) >= 11 is 0. The highest BCUT2D eigenvalue weighted by molar-refractivity contribution is 6.58. The fraction of sp³-hybridized carbons (Fsp3) is 0.889. The summed E-state index contributed by atoms with van der Waals surface area (Å²) in [5, 5.41) is 20.4. The van der Waals surface area contributed by atoms with Crippen LogP contribution in [0.25, 0.3) is 0 Å². The molecule has 0 aromatic rings. The average molecular weight is 212 g/mol. The number of hydrogen-bond acceptors (Lipinski definition) is 3. The van der Waals surface area contributed by atoms with E-state index in [1.54, 1.807) is 4.90 Å². The van der Waals surface area contributed by atoms with Crippen LogP contribution < -0.4 is 4.81 Å². The molecule has 6 heteroatoms. The van der Waals surface area contributed by atoms with Crippen LogP contribution in [0.1, 0.15) is 25.7 Å². The number of nitrogens with zero attached hydrogens (tertiary/aromatic N) is 1. The highest BCUT2D eigenvalue weighted by Crippen LogP contribution is 2.26. The van der Waals surface area contributed by atoms with Crippen LogP contribution in [0, 0.1) is 0 Å². The lowest BCUT2D eigenvalue weighted by Gasteiger charge is -2.50. The fourth-order valence-electron chi connectivity index (χ4n) is 3.66. The van der Waals surface area contributed by atoms with Crippen molar-refractivity contribution in [2.45, 2.75) is 37.7 Å². The van der Waals surface area contributed by atoms with E-state index in [9.17, 15) is 14.8 Å². The molecule has 84 valence electrons. The summed E-state index contributed by atoms with van der Waals surface area (Å²) in [6, 6.07) is -0.186. The highest BCUT2D eigenvalue weighted by atomic mass is 16.4. The van der Waals surface area contributed by atoms with Gasteiger partial charge in [-0.15, -0.1) is 0 Å². The number of quaternary nitrogens is 1. The minimum Gasteiger partial charge on any atom is -0.527 e. The van der Waals surface area contributed by atoms with Crippen molar-refractivity contribution in [3.05, 3.63) is 0 Å². The van der Waals surface area contributed by atoms with Crippen molar-refractivity contribution in [1.29, 1.82) is 0 Å². The van der Waals surface area contributed by atoms with Crippen LogP contribution in [0.15, 0.2) is 0 Å². The van der Waals surface area contributed by atoms with Crippen molar-refractivity contribution in [3.8, 4) is 0 Å². The van der Waals surface area contributed by atoms with Crippen molar-refractivity contribution in [1.82, 2.24) is 4.90 Å². The highest BCUT2D eigenvalue weighted by Gasteiger charge is 2.59. The second-order valence-corrected chi connectivity index (χ2v) is 5.10. The van der Waals surface area contributed by atoms with E-state index < -0.39 is 6.69 Å². The summed E-state index contributed by atoms with van der Waals surface area (Å²) in [7, 11) is 0. The van der Waals surface area contributed by atoms with E-state index in [0.29, 0.717) is 6.54 Å². The van der Waals surface area contributed by atoms with Gasteiger partial charge in [-0.2, -0.15) is 0 Å². The number of amides is 1. The number of rotatable bonds is 0. The summed E-state index contributed by atoms with van der Waals surface area (Å²) in [5.74, 6) is -0.174. The number of nitrogens with one attached hydrogen (secondary N) is 1. The second-order valence-electron chi connectivity index (χ2n) is 5.10. The van der Waals surface area contributed by atoms with E-state index in [2.05, 4.69) is 0 Å². The summed E-state index contributed by atoms with van der Waals surface area (Å²) in [4.78, 5) is 14.5. The quantitative estimate of drug-likeness (QED) is 0.389. The SMILES string of the molecule is O=C1[C@@H]2CCC[NH+]2[B-](O)(O)[C@@H]2CCCN12. The first-order chi connectivity index (χ1) is 7.12. The molecule has 3 fully saturated rings. The van der Waals surface area contributed by atoms with Crippen LogP contribution in [-0.4, -0.2) is 52.6 Å². The standard InChI is InChI=1S/C9H17BN2O3/c13-9-7-3-1-6-12(7)10(14,15)8-4-2-5-11(8)9/h7-8,12,14-15H,1-6H2/t7-,8-/m0/s1. The van der Waals surface area contributed by atoms with Crippen LogP contribution in [0.3, 0.4) is 0 Å². The van der Waals surface area contributed by atoms with Gasteiger partial charge in [0.05, 0.1) is 0 Å². The Bertz CT molecular complexity index is 284. The molecule has 3 aliphatic rings. The smallest absolute Gasteiger partial charge is 0.488 e. The topological polar surface area (TPSA) is 65.2 Å². The molecule has 1 unspecified atom stereocenters. The molecule has 1 amide bonds. The summed E-state index contributed by atoms with van der Waals surface area (Å²) in [6.45, 7) is -0.980. The maximum absolute atomic E-state index is 12.1. The largest absolute Gasteiger partial charge is 0.527 e. The zero-order valence-electron chi connectivity index (χ0n) is 8.72. The molecule has 3 heterocycles. The van der Waals surface area contributed by atoms with Crippen LogP contribution in [0.2, 0.25) is 0 Å². The van der Waals surface area contributed by atoms with Gasteiger partial charge in [0.2, 0.25) is 0 Å². The molecule has 15 heavy (non-hydrogen) atoms. The van der Waals surface area contributed by atoms with Crippen molar-refractivity contribution >= 4 is 12.6 Å². The lowest BCUT2D eigenvalue weighted by atomic mass is 9.58. The van der Waals surface area contributed by atoms with Gasteiger partial charge in [-0.25, -0.2) is 0 Å². The molecule has 0 radical (unpaired) electrons. The van der Waals surface area contributed by atoms with E-state index in [4.69, 9.17) is 0 Å². The minimum absolute atomic E-state index is 0.144. The number of hydrogen-bond donors (Lipinski definition) is 3. The monoisotopic (exact) mass is 212 g/mol. The second kappa shape index (κ2) is 2.96. The molecule has 3 rings (SSSR count). The Labute approximate surface area is 88.7 Å². The Kier molecular flexibility index (Phi) is 1.90. The first kappa shape index (κ1) is 9.63. The Morgan fingerprint density at radius 2 is 2.13 bits per heavy atom. The summed E-state index contributed by atoms with van der Waals surface area (Å²) in [6.07, 6.45) is 3.38. The van der Waals surface area contributed by atoms with Gasteiger partial charge in [-0.3, -0.25) is 4.79 Å². The minimum atomic E-state index is -2.42. The molecule has 3 saturated heterocycles. The van der Waals surface area contributed by atoms with E-state index in [-0.39, 0.29) is 17.9 Å². The number of carbonyl (C=O) groups is 1. The molecule has 0 aliphatic carbocycles. The Hall–Kier alpha value is -0.585. The molecule has 0 aromatic heterocycles. The summed E-state index contributed by atoms with van der Waals surface area (Å²) in [5.41, 5.74) is 0. The normalized spacial score (nSPS) is 42.9. The lowest BCUT2D eigenvalue weighted by Crippen LogP contribution is -3.29. The van der Waals surface area contributed by atoms with Crippen LogP contribution in [0.4, 0.5) is 0 Å². The predicted octanol–water partition coefficient (Wildman–Crippen LogP) is -2.50. The van der Waals surface area contributed by atoms with Gasteiger partial charge in [0.15, 0.2) is 0 Å². The van der Waals surface area contributed by atoms with Crippen molar-refractivity contribution < 1.29 is 19.7 Å². The molecule has 5 nitrogen and oxygen atoms in total. The third kappa shape index (κ3) is 1.13. The molecule has 0 aromatic carbocycles. The van der Waals surface area contributed by atoms with Gasteiger partial charge in [0, 0.05) is 25.5 Å².